The molecule has 0 radical (unpaired) electrons. The number of carbonyl (C=O) groups is 4. The number of oxime groups is 1. The van der Waals surface area contributed by atoms with Crippen LogP contribution >= 0.6 is 11.3 Å². The molecule has 5 rings (SSSR count). The Morgan fingerprint density at radius 1 is 1.19 bits per heavy atom. The first-order chi connectivity index (χ1) is 26.4. The van der Waals surface area contributed by atoms with Crippen LogP contribution < -0.4 is 26.8 Å². The van der Waals surface area contributed by atoms with Gasteiger partial charge < -0.3 is 41.3 Å². The summed E-state index contributed by atoms with van der Waals surface area (Å²) in [6.45, 7) is 9.15. The van der Waals surface area contributed by atoms with Gasteiger partial charge in [0.1, 0.15) is 28.9 Å². The van der Waals surface area contributed by atoms with Crippen LogP contribution in [0.3, 0.4) is 0 Å². The maximum atomic E-state index is 13.8. The number of hydroxylamine groups is 2. The molecule has 2 fully saturated rings. The molecule has 0 unspecified atom stereocenters. The number of aliphatic hydroxyl groups is 1. The number of hydrogen-bond donors (Lipinski definition) is 7. The molecule has 1 saturated carbocycles. The fourth-order valence-electron chi connectivity index (χ4n) is 6.43. The van der Waals surface area contributed by atoms with Crippen molar-refractivity contribution in [2.75, 3.05) is 18.5 Å². The molecular formula is C34H46N8O13S2. The number of anilines is 1. The average molecular weight is 839 g/mol. The van der Waals surface area contributed by atoms with Gasteiger partial charge in [0.25, 0.3) is 17.4 Å². The van der Waals surface area contributed by atoms with Crippen molar-refractivity contribution in [1.29, 1.82) is 0 Å². The number of amidine groups is 1. The number of aliphatic carboxylic acids is 1. The minimum absolute atomic E-state index is 0.0266. The molecule has 3 amide bonds. The molecule has 1 saturated heterocycles. The lowest BCUT2D eigenvalue weighted by atomic mass is 9.66. The first-order valence-electron chi connectivity index (χ1n) is 17.6. The topological polar surface area (TPSA) is 317 Å². The normalized spacial score (nSPS) is 24.5. The average Bonchev–Trinajstić information content (AvgIpc) is 3.56. The van der Waals surface area contributed by atoms with Crippen LogP contribution in [0.1, 0.15) is 77.6 Å². The summed E-state index contributed by atoms with van der Waals surface area (Å²) in [5, 5.41) is 30.5. The second kappa shape index (κ2) is 15.8. The van der Waals surface area contributed by atoms with E-state index < -0.39 is 68.9 Å². The zero-order valence-electron chi connectivity index (χ0n) is 32.0. The van der Waals surface area contributed by atoms with Crippen LogP contribution in [0.25, 0.3) is 0 Å². The van der Waals surface area contributed by atoms with Crippen molar-refractivity contribution in [2.24, 2.45) is 27.0 Å². The van der Waals surface area contributed by atoms with Crippen molar-refractivity contribution in [1.82, 2.24) is 15.4 Å². The number of nitrogens with zero attached hydrogens (tertiary/aromatic N) is 4. The lowest BCUT2D eigenvalue weighted by molar-refractivity contribution is -0.218. The molecule has 1 aromatic carbocycles. The van der Waals surface area contributed by atoms with E-state index >= 15 is 0 Å². The first kappa shape index (κ1) is 43.2. The number of ether oxygens (including phenoxy) is 2. The molecule has 9 N–H and O–H groups in total. The number of carbonyl (C=O) groups excluding carboxylic acids is 3. The molecule has 312 valence electrons. The van der Waals surface area contributed by atoms with Gasteiger partial charge in [-0.25, -0.2) is 14.6 Å². The van der Waals surface area contributed by atoms with Gasteiger partial charge >= 0.3 is 22.5 Å². The van der Waals surface area contributed by atoms with Gasteiger partial charge in [-0.3, -0.25) is 24.5 Å². The summed E-state index contributed by atoms with van der Waals surface area (Å²) in [5.74, 6) is -3.00. The Kier molecular flexibility index (Phi) is 12.0. The molecule has 2 aliphatic heterocycles. The summed E-state index contributed by atoms with van der Waals surface area (Å²) in [5.41, 5.74) is 7.72. The second-order valence-corrected chi connectivity index (χ2v) is 17.6. The maximum absolute atomic E-state index is 13.8. The molecule has 23 heteroatoms. The highest BCUT2D eigenvalue weighted by Crippen LogP contribution is 2.42. The van der Waals surface area contributed by atoms with Crippen molar-refractivity contribution in [3.63, 3.8) is 0 Å². The highest BCUT2D eigenvalue weighted by molar-refractivity contribution is 7.80. The SMILES string of the molecule is CC(C)(C)OC(=O)Nc1nc(/C(=N/O[C@](C)(C(=O)O)[C@H]2CCc3cc(C(N)=NC4CC(CN)(CO)C4)ccc3O2)C(=O)N[C@@H]2C(=O)N(OS(=O)(=O)O)C2(C)C)cs1. The number of aryl methyl sites for hydroxylation is 1. The molecule has 0 spiro atoms. The number of β-lactam (4-membered cyclic amide) rings is 1. The summed E-state index contributed by atoms with van der Waals surface area (Å²) in [6.07, 6.45) is -0.312. The number of nitrogens with two attached hydrogens (primary N) is 2. The van der Waals surface area contributed by atoms with Crippen molar-refractivity contribution in [3.8, 4) is 5.75 Å². The van der Waals surface area contributed by atoms with Crippen LogP contribution in [-0.4, -0.2) is 117 Å². The lowest BCUT2D eigenvalue weighted by Gasteiger charge is -2.50. The second-order valence-electron chi connectivity index (χ2n) is 15.7. The third kappa shape index (κ3) is 9.45. The van der Waals surface area contributed by atoms with Crippen molar-refractivity contribution in [2.45, 2.75) is 102 Å². The van der Waals surface area contributed by atoms with Crippen LogP contribution in [0.4, 0.5) is 9.93 Å². The van der Waals surface area contributed by atoms with Gasteiger partial charge in [-0.05, 0) is 91.0 Å². The zero-order chi connectivity index (χ0) is 42.3. The van der Waals surface area contributed by atoms with E-state index in [0.29, 0.717) is 48.0 Å². The summed E-state index contributed by atoms with van der Waals surface area (Å²) in [7, 11) is -5.09. The maximum Gasteiger partial charge on any atom is 0.418 e. The van der Waals surface area contributed by atoms with E-state index in [4.69, 9.17) is 30.3 Å². The molecule has 1 aliphatic carbocycles. The van der Waals surface area contributed by atoms with E-state index in [1.165, 1.54) is 26.2 Å². The van der Waals surface area contributed by atoms with E-state index in [1.54, 1.807) is 39.0 Å². The number of carboxylic acid groups (broad SMARTS) is 1. The van der Waals surface area contributed by atoms with Gasteiger partial charge in [-0.15, -0.1) is 15.6 Å². The van der Waals surface area contributed by atoms with Crippen molar-refractivity contribution in [3.05, 3.63) is 40.4 Å². The highest BCUT2D eigenvalue weighted by Gasteiger charge is 2.58. The van der Waals surface area contributed by atoms with Crippen LogP contribution in [0.5, 0.6) is 5.75 Å². The van der Waals surface area contributed by atoms with Gasteiger partial charge in [-0.2, -0.15) is 13.5 Å². The summed E-state index contributed by atoms with van der Waals surface area (Å²) in [4.78, 5) is 66.3. The molecule has 0 bridgehead atoms. The first-order valence-corrected chi connectivity index (χ1v) is 19.9. The number of carboxylic acids is 1. The Labute approximate surface area is 331 Å². The van der Waals surface area contributed by atoms with E-state index in [1.807, 2.05) is 0 Å². The number of amides is 3. The minimum atomic E-state index is -5.09. The number of hydrogen-bond acceptors (Lipinski definition) is 16. The quantitative estimate of drug-likeness (QED) is 0.0460. The van der Waals surface area contributed by atoms with Gasteiger partial charge in [0.15, 0.2) is 16.9 Å². The summed E-state index contributed by atoms with van der Waals surface area (Å²) >= 11 is 0.865. The lowest BCUT2D eigenvalue weighted by Crippen LogP contribution is -2.76. The summed E-state index contributed by atoms with van der Waals surface area (Å²) in [6, 6.07) is 3.60. The Bertz CT molecular complexity index is 2090. The third-order valence-electron chi connectivity index (χ3n) is 9.79. The molecule has 3 aliphatic rings. The number of rotatable bonds is 14. The Balaban J connectivity index is 1.38. The third-order valence-corrected chi connectivity index (χ3v) is 10.9. The van der Waals surface area contributed by atoms with Crippen LogP contribution in [-0.2, 0) is 45.1 Å². The number of nitrogens with one attached hydrogen (secondary N) is 2. The monoisotopic (exact) mass is 838 g/mol. The van der Waals surface area contributed by atoms with Crippen molar-refractivity contribution < 1.29 is 61.0 Å². The number of fused-ring (bicyclic) bond motifs is 1. The fourth-order valence-corrected chi connectivity index (χ4v) is 7.56. The van der Waals surface area contributed by atoms with Crippen LogP contribution in [0.15, 0.2) is 33.7 Å². The predicted octanol–water partition coefficient (Wildman–Crippen LogP) is 1.09. The largest absolute Gasteiger partial charge is 0.485 e. The Morgan fingerprint density at radius 3 is 2.46 bits per heavy atom. The molecular weight excluding hydrogens is 793 g/mol. The van der Waals surface area contributed by atoms with Gasteiger partial charge in [-0.1, -0.05) is 5.16 Å². The minimum Gasteiger partial charge on any atom is -0.485 e. The molecule has 1 aromatic heterocycles. The fraction of sp³-hybridized carbons (Fsp3) is 0.559. The van der Waals surface area contributed by atoms with Crippen LogP contribution in [0.2, 0.25) is 0 Å². The zero-order valence-corrected chi connectivity index (χ0v) is 33.6. The Morgan fingerprint density at radius 2 is 1.88 bits per heavy atom. The van der Waals surface area contributed by atoms with Crippen molar-refractivity contribution >= 4 is 62.3 Å². The highest BCUT2D eigenvalue weighted by atomic mass is 32.3. The van der Waals surface area contributed by atoms with Gasteiger partial charge in [0.05, 0.1) is 18.2 Å². The number of benzene rings is 1. The number of aliphatic hydroxyl groups excluding tert-OH is 1. The molecule has 21 nitrogen and oxygen atoms in total. The molecule has 3 heterocycles. The van der Waals surface area contributed by atoms with E-state index in [0.717, 1.165) is 16.9 Å². The smallest absolute Gasteiger partial charge is 0.418 e. The van der Waals surface area contributed by atoms with Crippen LogP contribution in [0, 0.1) is 5.41 Å². The number of aromatic nitrogens is 1. The number of aliphatic imine (C=N–C) groups is 1. The molecule has 57 heavy (non-hydrogen) atoms. The van der Waals surface area contributed by atoms with E-state index in [9.17, 15) is 37.8 Å². The van der Waals surface area contributed by atoms with Gasteiger partial charge in [0, 0.05) is 22.9 Å². The standard InChI is InChI=1S/C34H46N8O13S2/c1-31(2,3)53-30(48)40-29-38-20(14-56-29)23(26(44)39-24-27(45)42(32(24,4)5)55-57(49,50)51)41-54-33(6,28(46)47)22-10-8-17-11-18(7-9-21(17)52-22)25(36)37-19-12-34(13-19,15-35)16-43/h7,9,11,14,19,22,24,43H,8,10,12-13,15-16,35H2,1-6H3,(H2,36,37)(H,39,44)(H,46,47)(H,38,40,48)(H,49,50,51)/b41-23-/t19?,22-,24-,33+,34?/m1/s1. The molecule has 2 aromatic rings. The number of thiazole rings is 1. The van der Waals surface area contributed by atoms with E-state index in [-0.39, 0.29) is 35.3 Å². The summed E-state index contributed by atoms with van der Waals surface area (Å²) < 4.78 is 47.4. The molecule has 3 atom stereocenters. The van der Waals surface area contributed by atoms with E-state index in [2.05, 4.69) is 30.0 Å². The predicted molar refractivity (Wildman–Crippen MR) is 203 cm³/mol. The Hall–Kier alpha value is -4.94. The van der Waals surface area contributed by atoms with Gasteiger partial charge in [0.2, 0.25) is 0 Å².